The normalized spacial score (nSPS) is 11.2. The molecule has 6 aromatic heterocycles. The Morgan fingerprint density at radius 2 is 0.466 bits per heavy atom. The SMILES string of the molecule is c1ccc(-c2nc(-c3ccccc3)nc(-c3ccc(-c4ccc5ncccc5c4)cc3)n2)cc1.c1ccc2c(-c3nc(-c4ccc(-c5cccc6ncccc56)cc4)nc(-c4cccc5ccccc45)n3)cccc2c1.c1ccc2cc(-c3nc(-c4ccc(-c5cccc6cnccc56)cc4)nc(-c4ccc5ccccc5c4)n3)ccc2c1. The minimum absolute atomic E-state index is 0.641. The lowest BCUT2D eigenvalue weighted by Gasteiger charge is -2.12. The highest BCUT2D eigenvalue weighted by molar-refractivity contribution is 6.00. The number of aromatic nitrogens is 12. The predicted octanol–water partition coefficient (Wildman–Crippen LogP) is 25.9. The number of fused-ring (bicyclic) bond motifs is 7. The third-order valence-corrected chi connectivity index (χ3v) is 21.4. The fourth-order valence-corrected chi connectivity index (χ4v) is 15.3. The van der Waals surface area contributed by atoms with Crippen molar-refractivity contribution >= 4 is 75.7 Å². The molecule has 12 heteroatoms. The van der Waals surface area contributed by atoms with Gasteiger partial charge in [-0.15, -0.1) is 0 Å². The van der Waals surface area contributed by atoms with Gasteiger partial charge in [-0.3, -0.25) is 15.0 Å². The molecule has 0 amide bonds. The van der Waals surface area contributed by atoms with E-state index in [1.54, 1.807) is 0 Å². The topological polar surface area (TPSA) is 155 Å². The van der Waals surface area contributed by atoms with Gasteiger partial charge in [0.25, 0.3) is 0 Å². The van der Waals surface area contributed by atoms with Crippen LogP contribution in [0.25, 0.3) is 212 Å². The number of pyridine rings is 3. The van der Waals surface area contributed by atoms with Crippen molar-refractivity contribution in [3.05, 3.63) is 413 Å². The number of hydrogen-bond donors (Lipinski definition) is 0. The summed E-state index contributed by atoms with van der Waals surface area (Å²) in [6.07, 6.45) is 7.39. The lowest BCUT2D eigenvalue weighted by atomic mass is 9.98. The molecule has 0 fully saturated rings. The molecule has 22 rings (SSSR count). The van der Waals surface area contributed by atoms with E-state index in [4.69, 9.17) is 44.9 Å². The second kappa shape index (κ2) is 31.8. The second-order valence-corrected chi connectivity index (χ2v) is 28.7. The average Bonchev–Trinajstić information content (AvgIpc) is 0.774. The summed E-state index contributed by atoms with van der Waals surface area (Å²) >= 11 is 0. The molecule has 0 bridgehead atoms. The lowest BCUT2D eigenvalue weighted by Crippen LogP contribution is -2.01. The van der Waals surface area contributed by atoms with E-state index in [9.17, 15) is 0 Å². The van der Waals surface area contributed by atoms with Gasteiger partial charge in [-0.1, -0.05) is 340 Å². The minimum atomic E-state index is 0.641. The molecule has 22 aromatic rings. The van der Waals surface area contributed by atoms with Gasteiger partial charge in [-0.2, -0.15) is 0 Å². The third kappa shape index (κ3) is 14.7. The highest BCUT2D eigenvalue weighted by Gasteiger charge is 2.20. The van der Waals surface area contributed by atoms with Crippen LogP contribution in [-0.2, 0) is 0 Å². The number of rotatable bonds is 12. The van der Waals surface area contributed by atoms with Crippen LogP contribution in [-0.4, -0.2) is 59.8 Å². The third-order valence-electron chi connectivity index (χ3n) is 21.4. The Bertz CT molecular complexity index is 7220. The Kier molecular flexibility index (Phi) is 19.1. The summed E-state index contributed by atoms with van der Waals surface area (Å²) in [5.74, 6) is 5.88. The van der Waals surface area contributed by atoms with E-state index in [-0.39, 0.29) is 0 Å². The first-order chi connectivity index (χ1) is 58.4. The van der Waals surface area contributed by atoms with Crippen LogP contribution >= 0.6 is 0 Å². The van der Waals surface area contributed by atoms with E-state index in [1.807, 2.05) is 104 Å². The monoisotopic (exact) mass is 1510 g/mol. The van der Waals surface area contributed by atoms with Crippen LogP contribution in [0.15, 0.2) is 413 Å². The molecule has 0 atom stereocenters. The van der Waals surface area contributed by atoms with E-state index in [1.165, 1.54) is 21.7 Å². The summed E-state index contributed by atoms with van der Waals surface area (Å²) < 4.78 is 0. The van der Waals surface area contributed by atoms with Crippen molar-refractivity contribution in [3.63, 3.8) is 0 Å². The molecule has 0 saturated heterocycles. The molecule has 0 saturated carbocycles. The van der Waals surface area contributed by atoms with Gasteiger partial charge < -0.3 is 0 Å². The van der Waals surface area contributed by atoms with Crippen LogP contribution < -0.4 is 0 Å². The second-order valence-electron chi connectivity index (χ2n) is 28.7. The molecular formula is C106H68N12. The summed E-state index contributed by atoms with van der Waals surface area (Å²) in [7, 11) is 0. The molecule has 0 unspecified atom stereocenters. The Morgan fingerprint density at radius 3 is 0.983 bits per heavy atom. The van der Waals surface area contributed by atoms with Crippen molar-refractivity contribution in [2.24, 2.45) is 0 Å². The number of nitrogens with zero attached hydrogens (tertiary/aromatic N) is 12. The van der Waals surface area contributed by atoms with E-state index < -0.39 is 0 Å². The zero-order chi connectivity index (χ0) is 78.5. The number of hydrogen-bond acceptors (Lipinski definition) is 12. The van der Waals surface area contributed by atoms with Crippen LogP contribution in [0.1, 0.15) is 0 Å². The molecule has 0 aliphatic heterocycles. The Hall–Kier alpha value is -16.2. The van der Waals surface area contributed by atoms with Crippen molar-refractivity contribution in [2.75, 3.05) is 0 Å². The molecule has 0 spiro atoms. The summed E-state index contributed by atoms with van der Waals surface area (Å²) in [6.45, 7) is 0. The van der Waals surface area contributed by atoms with Gasteiger partial charge in [0.05, 0.1) is 11.0 Å². The molecule has 6 heterocycles. The van der Waals surface area contributed by atoms with Crippen LogP contribution in [0, 0.1) is 0 Å². The fraction of sp³-hybridized carbons (Fsp3) is 0. The van der Waals surface area contributed by atoms with Crippen molar-refractivity contribution in [3.8, 4) is 136 Å². The first kappa shape index (κ1) is 70.9. The molecule has 118 heavy (non-hydrogen) atoms. The smallest absolute Gasteiger partial charge is 0.164 e. The molecular weight excluding hydrogens is 1440 g/mol. The average molecular weight is 1510 g/mol. The van der Waals surface area contributed by atoms with Gasteiger partial charge in [-0.25, -0.2) is 44.9 Å². The molecule has 0 aliphatic carbocycles. The summed E-state index contributed by atoms with van der Waals surface area (Å²) in [6, 6.07) is 133. The predicted molar refractivity (Wildman–Crippen MR) is 481 cm³/mol. The molecule has 12 nitrogen and oxygen atoms in total. The highest BCUT2D eigenvalue weighted by atomic mass is 15.1. The maximum Gasteiger partial charge on any atom is 0.164 e. The van der Waals surface area contributed by atoms with E-state index >= 15 is 0 Å². The van der Waals surface area contributed by atoms with Crippen molar-refractivity contribution in [2.45, 2.75) is 0 Å². The van der Waals surface area contributed by atoms with Crippen molar-refractivity contribution in [1.29, 1.82) is 0 Å². The lowest BCUT2D eigenvalue weighted by molar-refractivity contribution is 1.07. The molecule has 0 aliphatic rings. The van der Waals surface area contributed by atoms with Crippen LogP contribution in [0.3, 0.4) is 0 Å². The quantitative estimate of drug-likeness (QED) is 0.114. The maximum atomic E-state index is 5.07. The van der Waals surface area contributed by atoms with Crippen molar-refractivity contribution < 1.29 is 0 Å². The van der Waals surface area contributed by atoms with E-state index in [0.717, 1.165) is 137 Å². The molecule has 552 valence electrons. The zero-order valence-electron chi connectivity index (χ0n) is 63.6. The first-order valence-corrected chi connectivity index (χ1v) is 39.1. The van der Waals surface area contributed by atoms with Crippen LogP contribution in [0.4, 0.5) is 0 Å². The maximum absolute atomic E-state index is 5.07. The molecule has 16 aromatic carbocycles. The van der Waals surface area contributed by atoms with Gasteiger partial charge in [0.1, 0.15) is 0 Å². The highest BCUT2D eigenvalue weighted by Crippen LogP contribution is 2.38. The Balaban J connectivity index is 0.000000114. The minimum Gasteiger partial charge on any atom is -0.264 e. The van der Waals surface area contributed by atoms with Crippen molar-refractivity contribution in [1.82, 2.24) is 59.8 Å². The van der Waals surface area contributed by atoms with Gasteiger partial charge in [0.15, 0.2) is 52.4 Å². The van der Waals surface area contributed by atoms with E-state index in [2.05, 4.69) is 324 Å². The fourth-order valence-electron chi connectivity index (χ4n) is 15.3. The zero-order valence-corrected chi connectivity index (χ0v) is 63.6. The Morgan fingerprint density at radius 1 is 0.144 bits per heavy atom. The largest absolute Gasteiger partial charge is 0.264 e. The van der Waals surface area contributed by atoms with Gasteiger partial charge in [0.2, 0.25) is 0 Å². The summed E-state index contributed by atoms with van der Waals surface area (Å²) in [5, 5.41) is 13.8. The van der Waals surface area contributed by atoms with Gasteiger partial charge >= 0.3 is 0 Å². The molecule has 0 N–H and O–H groups in total. The Labute approximate surface area is 680 Å². The first-order valence-electron chi connectivity index (χ1n) is 39.1. The van der Waals surface area contributed by atoms with E-state index in [0.29, 0.717) is 52.4 Å². The summed E-state index contributed by atoms with van der Waals surface area (Å²) in [4.78, 5) is 57.7. The standard InChI is InChI=1S/2C38H24N4.C30H20N4/c1-3-13-30-25(9-1)11-5-16-33(30)37-40-36(41-38(42-37)34-17-6-12-26-10-2-4-14-31(26)34)28-22-20-27(21-23-28)29-15-7-19-35-32(29)18-8-24-39-35;1-3-8-29-22-31(18-12-25(29)6-1)37-40-36(41-38(42-37)32-19-13-26-7-2-4-9-30(26)23-32)28-16-14-27(15-17-28)34-11-5-10-33-24-39-21-20-35(33)34;1-3-8-22(9-4-1)28-32-29(23-10-5-2-6-11-23)34-30(33-28)24-15-13-21(14-16-24)25-17-18-27-26(20-25)12-7-19-31-27/h2*1-24H;1-20H. The van der Waals surface area contributed by atoms with Gasteiger partial charge in [-0.05, 0) is 130 Å². The van der Waals surface area contributed by atoms with Gasteiger partial charge in [0, 0.05) is 91.0 Å². The molecule has 0 radical (unpaired) electrons. The number of benzene rings is 16. The van der Waals surface area contributed by atoms with Crippen LogP contribution in [0.5, 0.6) is 0 Å². The van der Waals surface area contributed by atoms with Crippen LogP contribution in [0.2, 0.25) is 0 Å². The summed E-state index contributed by atoms with van der Waals surface area (Å²) in [5.41, 5.74) is 17.5.